The minimum Gasteiger partial charge on any atom is -0.352 e. The number of amides is 2. The highest BCUT2D eigenvalue weighted by atomic mass is 32.2. The molecule has 1 aliphatic heterocycles. The quantitative estimate of drug-likeness (QED) is 0.782. The molecule has 1 aromatic rings. The van der Waals surface area contributed by atoms with E-state index in [1.165, 1.54) is 4.31 Å². The highest BCUT2D eigenvalue weighted by Gasteiger charge is 2.43. The van der Waals surface area contributed by atoms with Crippen LogP contribution in [0.1, 0.15) is 18.4 Å². The standard InChI is InChI=1S/C17H24N4O4S/c1-20(9-12-4-3-5-18-8-12)17(23)13-6-14-10-21(26(2,24)25)11-16(22)19-15(14)7-13/h3-5,8,13-15H,6-7,9-11H2,1-2H3,(H,19,22)/t13-,14+,15+/m0/s1. The maximum Gasteiger partial charge on any atom is 0.235 e. The van der Waals surface area contributed by atoms with E-state index in [-0.39, 0.29) is 42.8 Å². The van der Waals surface area contributed by atoms with E-state index in [0.717, 1.165) is 11.8 Å². The van der Waals surface area contributed by atoms with E-state index in [1.54, 1.807) is 24.3 Å². The Morgan fingerprint density at radius 2 is 2.19 bits per heavy atom. The van der Waals surface area contributed by atoms with Crippen molar-refractivity contribution in [2.45, 2.75) is 25.4 Å². The Balaban J connectivity index is 1.67. The first-order chi connectivity index (χ1) is 12.2. The number of nitrogens with one attached hydrogen (secondary N) is 1. The molecule has 1 aromatic heterocycles. The van der Waals surface area contributed by atoms with Crippen molar-refractivity contribution in [3.8, 4) is 0 Å². The number of nitrogens with zero attached hydrogens (tertiary/aromatic N) is 3. The van der Waals surface area contributed by atoms with Gasteiger partial charge in [-0.25, -0.2) is 8.42 Å². The molecule has 2 aliphatic rings. The molecule has 0 spiro atoms. The highest BCUT2D eigenvalue weighted by Crippen LogP contribution is 2.35. The van der Waals surface area contributed by atoms with Gasteiger partial charge in [0.25, 0.3) is 0 Å². The molecule has 2 fully saturated rings. The average Bonchev–Trinajstić information content (AvgIpc) is 2.88. The summed E-state index contributed by atoms with van der Waals surface area (Å²) < 4.78 is 24.9. The van der Waals surface area contributed by atoms with Gasteiger partial charge in [0.2, 0.25) is 21.8 Å². The van der Waals surface area contributed by atoms with Crippen LogP contribution in [-0.4, -0.2) is 66.9 Å². The lowest BCUT2D eigenvalue weighted by atomic mass is 10.0. The van der Waals surface area contributed by atoms with Gasteiger partial charge in [-0.2, -0.15) is 4.31 Å². The van der Waals surface area contributed by atoms with Gasteiger partial charge in [0.15, 0.2) is 0 Å². The molecule has 9 heteroatoms. The van der Waals surface area contributed by atoms with Gasteiger partial charge in [-0.05, 0) is 30.4 Å². The molecule has 1 saturated heterocycles. The van der Waals surface area contributed by atoms with E-state index in [0.29, 0.717) is 19.4 Å². The first-order valence-corrected chi connectivity index (χ1v) is 10.5. The molecular formula is C17H24N4O4S. The van der Waals surface area contributed by atoms with Crippen LogP contribution in [-0.2, 0) is 26.2 Å². The predicted octanol–water partition coefficient (Wildman–Crippen LogP) is -0.174. The van der Waals surface area contributed by atoms with Gasteiger partial charge < -0.3 is 10.2 Å². The van der Waals surface area contributed by atoms with Gasteiger partial charge in [-0.15, -0.1) is 0 Å². The molecule has 3 atom stereocenters. The Hall–Kier alpha value is -2.00. The van der Waals surface area contributed by atoms with Crippen molar-refractivity contribution >= 4 is 21.8 Å². The molecule has 1 N–H and O–H groups in total. The van der Waals surface area contributed by atoms with Crippen molar-refractivity contribution in [2.75, 3.05) is 26.4 Å². The van der Waals surface area contributed by atoms with Crippen LogP contribution < -0.4 is 5.32 Å². The summed E-state index contributed by atoms with van der Waals surface area (Å²) in [5.74, 6) is -0.551. The van der Waals surface area contributed by atoms with E-state index < -0.39 is 10.0 Å². The molecule has 0 bridgehead atoms. The number of pyridine rings is 1. The predicted molar refractivity (Wildman–Crippen MR) is 95.3 cm³/mol. The van der Waals surface area contributed by atoms with Crippen LogP contribution in [0.25, 0.3) is 0 Å². The Morgan fingerprint density at radius 1 is 1.42 bits per heavy atom. The van der Waals surface area contributed by atoms with Crippen LogP contribution in [0.3, 0.4) is 0 Å². The molecule has 2 heterocycles. The fourth-order valence-corrected chi connectivity index (χ4v) is 4.67. The van der Waals surface area contributed by atoms with E-state index >= 15 is 0 Å². The molecule has 0 unspecified atom stereocenters. The second-order valence-electron chi connectivity index (χ2n) is 7.21. The highest BCUT2D eigenvalue weighted by molar-refractivity contribution is 7.88. The van der Waals surface area contributed by atoms with Crippen molar-refractivity contribution in [3.05, 3.63) is 30.1 Å². The number of hydrogen-bond acceptors (Lipinski definition) is 5. The normalized spacial score (nSPS) is 26.7. The van der Waals surface area contributed by atoms with Crippen LogP contribution in [0.4, 0.5) is 0 Å². The summed E-state index contributed by atoms with van der Waals surface area (Å²) in [5.41, 5.74) is 0.951. The van der Waals surface area contributed by atoms with Crippen LogP contribution in [0.2, 0.25) is 0 Å². The van der Waals surface area contributed by atoms with Gasteiger partial charge in [-0.1, -0.05) is 6.07 Å². The maximum absolute atomic E-state index is 12.8. The zero-order valence-corrected chi connectivity index (χ0v) is 15.8. The fourth-order valence-electron chi connectivity index (χ4n) is 3.85. The first-order valence-electron chi connectivity index (χ1n) is 8.62. The fraction of sp³-hybridized carbons (Fsp3) is 0.588. The van der Waals surface area contributed by atoms with E-state index in [9.17, 15) is 18.0 Å². The van der Waals surface area contributed by atoms with Crippen LogP contribution in [0.5, 0.6) is 0 Å². The summed E-state index contributed by atoms with van der Waals surface area (Å²) in [6, 6.07) is 3.59. The second-order valence-corrected chi connectivity index (χ2v) is 9.20. The van der Waals surface area contributed by atoms with Gasteiger partial charge >= 0.3 is 0 Å². The SMILES string of the molecule is CN(Cc1cccnc1)C(=O)[C@H]1C[C@@H]2CN(S(C)(=O)=O)CC(=O)N[C@@H]2C1. The van der Waals surface area contributed by atoms with E-state index in [2.05, 4.69) is 10.3 Å². The number of rotatable bonds is 4. The zero-order valence-electron chi connectivity index (χ0n) is 15.0. The molecule has 0 radical (unpaired) electrons. The van der Waals surface area contributed by atoms with Crippen molar-refractivity contribution in [1.82, 2.24) is 19.5 Å². The largest absolute Gasteiger partial charge is 0.352 e. The third-order valence-corrected chi connectivity index (χ3v) is 6.35. The third-order valence-electron chi connectivity index (χ3n) is 5.14. The topological polar surface area (TPSA) is 99.7 Å². The molecule has 2 amide bonds. The van der Waals surface area contributed by atoms with Crippen LogP contribution >= 0.6 is 0 Å². The molecule has 3 rings (SSSR count). The van der Waals surface area contributed by atoms with Crippen LogP contribution in [0.15, 0.2) is 24.5 Å². The minimum atomic E-state index is -3.45. The molecule has 26 heavy (non-hydrogen) atoms. The molecular weight excluding hydrogens is 356 g/mol. The Kier molecular flexibility index (Phi) is 5.29. The summed E-state index contributed by atoms with van der Waals surface area (Å²) in [5, 5.41) is 2.89. The molecule has 1 saturated carbocycles. The van der Waals surface area contributed by atoms with Crippen molar-refractivity contribution in [2.24, 2.45) is 11.8 Å². The van der Waals surface area contributed by atoms with Gasteiger partial charge in [-0.3, -0.25) is 14.6 Å². The summed E-state index contributed by atoms with van der Waals surface area (Å²) in [7, 11) is -1.69. The zero-order chi connectivity index (χ0) is 18.9. The molecule has 0 aromatic carbocycles. The number of hydrogen-bond donors (Lipinski definition) is 1. The molecule has 1 aliphatic carbocycles. The van der Waals surface area contributed by atoms with E-state index in [4.69, 9.17) is 0 Å². The average molecular weight is 380 g/mol. The van der Waals surface area contributed by atoms with Crippen molar-refractivity contribution < 1.29 is 18.0 Å². The lowest BCUT2D eigenvalue weighted by Gasteiger charge is -2.22. The van der Waals surface area contributed by atoms with Gasteiger partial charge in [0.05, 0.1) is 12.8 Å². The van der Waals surface area contributed by atoms with Gasteiger partial charge in [0, 0.05) is 44.5 Å². The third kappa shape index (κ3) is 4.21. The molecule has 142 valence electrons. The van der Waals surface area contributed by atoms with Crippen molar-refractivity contribution in [1.29, 1.82) is 0 Å². The number of sulfonamides is 1. The lowest BCUT2D eigenvalue weighted by Crippen LogP contribution is -2.39. The monoisotopic (exact) mass is 380 g/mol. The summed E-state index contributed by atoms with van der Waals surface area (Å²) >= 11 is 0. The number of carbonyl (C=O) groups is 2. The maximum atomic E-state index is 12.8. The number of aromatic nitrogens is 1. The number of carbonyl (C=O) groups excluding carboxylic acids is 2. The Bertz CT molecular complexity index is 783. The summed E-state index contributed by atoms with van der Waals surface area (Å²) in [6.45, 7) is 0.601. The Morgan fingerprint density at radius 3 is 2.85 bits per heavy atom. The van der Waals surface area contributed by atoms with Gasteiger partial charge in [0.1, 0.15) is 0 Å². The smallest absolute Gasteiger partial charge is 0.235 e. The Labute approximate surface area is 153 Å². The van der Waals surface area contributed by atoms with Crippen LogP contribution in [0, 0.1) is 11.8 Å². The summed E-state index contributed by atoms with van der Waals surface area (Å²) in [6.07, 6.45) is 5.65. The first kappa shape index (κ1) is 18.8. The number of fused-ring (bicyclic) bond motifs is 1. The van der Waals surface area contributed by atoms with Crippen molar-refractivity contribution in [3.63, 3.8) is 0 Å². The van der Waals surface area contributed by atoms with E-state index in [1.807, 2.05) is 12.1 Å². The molecule has 8 nitrogen and oxygen atoms in total. The second kappa shape index (κ2) is 7.32. The lowest BCUT2D eigenvalue weighted by molar-refractivity contribution is -0.134. The minimum absolute atomic E-state index is 0.0158. The summed E-state index contributed by atoms with van der Waals surface area (Å²) in [4.78, 5) is 30.5.